The third kappa shape index (κ3) is 4.00. The number of amides is 2. The summed E-state index contributed by atoms with van der Waals surface area (Å²) in [5.41, 5.74) is 6.48. The zero-order chi connectivity index (χ0) is 12.0. The second kappa shape index (κ2) is 5.75. The number of hydrogen-bond donors (Lipinski definition) is 3. The SMILES string of the molecule is CC(=O)NCCNc1ccc(C(N)=O)cc1. The summed E-state index contributed by atoms with van der Waals surface area (Å²) in [7, 11) is 0. The Kier molecular flexibility index (Phi) is 4.32. The molecule has 4 N–H and O–H groups in total. The summed E-state index contributed by atoms with van der Waals surface area (Å²) in [6.07, 6.45) is 0. The minimum Gasteiger partial charge on any atom is -0.383 e. The van der Waals surface area contributed by atoms with Crippen molar-refractivity contribution in [2.45, 2.75) is 6.92 Å². The van der Waals surface area contributed by atoms with Crippen LogP contribution in [0, 0.1) is 0 Å². The van der Waals surface area contributed by atoms with Gasteiger partial charge in [-0.15, -0.1) is 0 Å². The Morgan fingerprint density at radius 1 is 1.19 bits per heavy atom. The first-order valence-electron chi connectivity index (χ1n) is 4.98. The molecule has 2 amide bonds. The molecule has 0 heterocycles. The third-order valence-electron chi connectivity index (χ3n) is 2.00. The van der Waals surface area contributed by atoms with Crippen molar-refractivity contribution in [3.8, 4) is 0 Å². The number of rotatable bonds is 5. The zero-order valence-electron chi connectivity index (χ0n) is 9.12. The maximum Gasteiger partial charge on any atom is 0.248 e. The van der Waals surface area contributed by atoms with Crippen LogP contribution in [0.4, 0.5) is 5.69 Å². The van der Waals surface area contributed by atoms with Crippen molar-refractivity contribution in [2.24, 2.45) is 5.73 Å². The van der Waals surface area contributed by atoms with E-state index in [1.165, 1.54) is 6.92 Å². The van der Waals surface area contributed by atoms with E-state index >= 15 is 0 Å². The van der Waals surface area contributed by atoms with Gasteiger partial charge in [0.25, 0.3) is 0 Å². The lowest BCUT2D eigenvalue weighted by molar-refractivity contribution is -0.118. The van der Waals surface area contributed by atoms with Crippen molar-refractivity contribution in [1.82, 2.24) is 5.32 Å². The average Bonchev–Trinajstić information content (AvgIpc) is 2.25. The molecule has 0 bridgehead atoms. The average molecular weight is 221 g/mol. The molecule has 86 valence electrons. The molecule has 5 nitrogen and oxygen atoms in total. The molecule has 5 heteroatoms. The molecule has 0 aliphatic rings. The highest BCUT2D eigenvalue weighted by atomic mass is 16.1. The molecule has 16 heavy (non-hydrogen) atoms. The highest BCUT2D eigenvalue weighted by Crippen LogP contribution is 2.08. The van der Waals surface area contributed by atoms with Crippen molar-refractivity contribution in [3.63, 3.8) is 0 Å². The summed E-state index contributed by atoms with van der Waals surface area (Å²) in [4.78, 5) is 21.4. The molecule has 0 aliphatic carbocycles. The van der Waals surface area contributed by atoms with Gasteiger partial charge in [-0.25, -0.2) is 0 Å². The fourth-order valence-corrected chi connectivity index (χ4v) is 1.20. The maximum absolute atomic E-state index is 10.8. The molecule has 0 aliphatic heterocycles. The van der Waals surface area contributed by atoms with Crippen LogP contribution < -0.4 is 16.4 Å². The Balaban J connectivity index is 2.38. The van der Waals surface area contributed by atoms with Crippen LogP contribution in [0.25, 0.3) is 0 Å². The molecule has 0 spiro atoms. The summed E-state index contributed by atoms with van der Waals surface area (Å²) >= 11 is 0. The summed E-state index contributed by atoms with van der Waals surface area (Å²) in [5.74, 6) is -0.490. The maximum atomic E-state index is 10.8. The van der Waals surface area contributed by atoms with E-state index < -0.39 is 5.91 Å². The second-order valence-electron chi connectivity index (χ2n) is 3.35. The first-order chi connectivity index (χ1) is 7.59. The number of hydrogen-bond acceptors (Lipinski definition) is 3. The van der Waals surface area contributed by atoms with Crippen LogP contribution in [0.3, 0.4) is 0 Å². The van der Waals surface area contributed by atoms with Gasteiger partial charge in [0.1, 0.15) is 0 Å². The first kappa shape index (κ1) is 12.0. The van der Waals surface area contributed by atoms with E-state index in [9.17, 15) is 9.59 Å². The van der Waals surface area contributed by atoms with Crippen molar-refractivity contribution in [3.05, 3.63) is 29.8 Å². The van der Waals surface area contributed by atoms with E-state index in [0.29, 0.717) is 18.7 Å². The largest absolute Gasteiger partial charge is 0.383 e. The number of carbonyl (C=O) groups is 2. The predicted octanol–water partition coefficient (Wildman–Crippen LogP) is 0.334. The second-order valence-corrected chi connectivity index (χ2v) is 3.35. The number of primary amides is 1. The van der Waals surface area contributed by atoms with E-state index in [2.05, 4.69) is 10.6 Å². The van der Waals surface area contributed by atoms with Gasteiger partial charge in [-0.1, -0.05) is 0 Å². The molecule has 0 aromatic heterocycles. The monoisotopic (exact) mass is 221 g/mol. The summed E-state index contributed by atoms with van der Waals surface area (Å²) in [6.45, 7) is 2.67. The van der Waals surface area contributed by atoms with Crippen LogP contribution >= 0.6 is 0 Å². The highest BCUT2D eigenvalue weighted by Gasteiger charge is 1.98. The van der Waals surface area contributed by atoms with Crippen molar-refractivity contribution in [2.75, 3.05) is 18.4 Å². The predicted molar refractivity (Wildman–Crippen MR) is 62.1 cm³/mol. The van der Waals surface area contributed by atoms with Gasteiger partial charge in [-0.05, 0) is 24.3 Å². The number of nitrogens with one attached hydrogen (secondary N) is 2. The lowest BCUT2D eigenvalue weighted by atomic mass is 10.2. The Bertz CT molecular complexity index is 373. The van der Waals surface area contributed by atoms with E-state index in [1.54, 1.807) is 24.3 Å². The van der Waals surface area contributed by atoms with Crippen molar-refractivity contribution in [1.29, 1.82) is 0 Å². The highest BCUT2D eigenvalue weighted by molar-refractivity contribution is 5.93. The van der Waals surface area contributed by atoms with E-state index in [1.807, 2.05) is 0 Å². The van der Waals surface area contributed by atoms with Crippen LogP contribution in [0.5, 0.6) is 0 Å². The van der Waals surface area contributed by atoms with Crippen LogP contribution in [0.15, 0.2) is 24.3 Å². The summed E-state index contributed by atoms with van der Waals surface area (Å²) in [6, 6.07) is 6.86. The normalized spacial score (nSPS) is 9.56. The van der Waals surface area contributed by atoms with Crippen LogP contribution in [-0.2, 0) is 4.79 Å². The Hall–Kier alpha value is -2.04. The summed E-state index contributed by atoms with van der Waals surface area (Å²) < 4.78 is 0. The van der Waals surface area contributed by atoms with Crippen molar-refractivity contribution >= 4 is 17.5 Å². The van der Waals surface area contributed by atoms with Crippen LogP contribution in [-0.4, -0.2) is 24.9 Å². The molecule has 0 saturated carbocycles. The van der Waals surface area contributed by atoms with Gasteiger partial charge < -0.3 is 16.4 Å². The standard InChI is InChI=1S/C11H15N3O2/c1-8(15)13-6-7-14-10-4-2-9(3-5-10)11(12)16/h2-5,14H,6-7H2,1H3,(H2,12,16)(H,13,15). The third-order valence-corrected chi connectivity index (χ3v) is 2.00. The van der Waals surface area contributed by atoms with Gasteiger partial charge in [-0.2, -0.15) is 0 Å². The minimum atomic E-state index is -0.440. The van der Waals surface area contributed by atoms with Gasteiger partial charge in [0, 0.05) is 31.3 Å². The van der Waals surface area contributed by atoms with Crippen molar-refractivity contribution < 1.29 is 9.59 Å². The fraction of sp³-hybridized carbons (Fsp3) is 0.273. The van der Waals surface area contributed by atoms with E-state index in [4.69, 9.17) is 5.73 Å². The lowest BCUT2D eigenvalue weighted by Crippen LogP contribution is -2.26. The van der Waals surface area contributed by atoms with Crippen LogP contribution in [0.2, 0.25) is 0 Å². The van der Waals surface area contributed by atoms with E-state index in [0.717, 1.165) is 5.69 Å². The quantitative estimate of drug-likeness (QED) is 0.626. The van der Waals surface area contributed by atoms with Crippen LogP contribution in [0.1, 0.15) is 17.3 Å². The van der Waals surface area contributed by atoms with Gasteiger partial charge in [0.05, 0.1) is 0 Å². The molecule has 0 saturated heterocycles. The summed E-state index contributed by atoms with van der Waals surface area (Å²) in [5, 5.41) is 5.77. The van der Waals surface area contributed by atoms with Gasteiger partial charge in [-0.3, -0.25) is 9.59 Å². The van der Waals surface area contributed by atoms with E-state index in [-0.39, 0.29) is 5.91 Å². The molecule has 0 unspecified atom stereocenters. The number of benzene rings is 1. The van der Waals surface area contributed by atoms with Gasteiger partial charge in [0.15, 0.2) is 0 Å². The molecule has 1 rings (SSSR count). The lowest BCUT2D eigenvalue weighted by Gasteiger charge is -2.06. The zero-order valence-corrected chi connectivity index (χ0v) is 9.12. The molecular weight excluding hydrogens is 206 g/mol. The topological polar surface area (TPSA) is 84.2 Å². The molecular formula is C11H15N3O2. The number of carbonyl (C=O) groups excluding carboxylic acids is 2. The molecule has 0 radical (unpaired) electrons. The minimum absolute atomic E-state index is 0.0501. The smallest absolute Gasteiger partial charge is 0.248 e. The van der Waals surface area contributed by atoms with Gasteiger partial charge >= 0.3 is 0 Å². The van der Waals surface area contributed by atoms with Gasteiger partial charge in [0.2, 0.25) is 11.8 Å². The Morgan fingerprint density at radius 2 is 1.81 bits per heavy atom. The number of nitrogens with two attached hydrogens (primary N) is 1. The molecule has 1 aromatic carbocycles. The number of anilines is 1. The Morgan fingerprint density at radius 3 is 2.31 bits per heavy atom. The first-order valence-corrected chi connectivity index (χ1v) is 4.98. The molecule has 0 atom stereocenters. The molecule has 1 aromatic rings. The molecule has 0 fully saturated rings. The fourth-order valence-electron chi connectivity index (χ4n) is 1.20. The Labute approximate surface area is 94.0 Å².